The van der Waals surface area contributed by atoms with Crippen molar-refractivity contribution in [2.24, 2.45) is 5.73 Å². The molecule has 0 unspecified atom stereocenters. The highest BCUT2D eigenvalue weighted by Crippen LogP contribution is 2.30. The molecule has 26 heavy (non-hydrogen) atoms. The third kappa shape index (κ3) is 4.28. The van der Waals surface area contributed by atoms with Gasteiger partial charge in [-0.05, 0) is 25.6 Å². The standard InChI is InChI=1S/C19H31N3O4/c1-19(2,3)17-13(9-16(26-17)18(20)24)10-21-5-4-6-22(8-7-21)14-11-25-12-15(14)23/h9,14-15,23H,4-8,10-12H2,1-3H3,(H2,20,24)/t14-,15-/m1/s1. The third-order valence-electron chi connectivity index (χ3n) is 5.24. The first-order valence-electron chi connectivity index (χ1n) is 9.41. The smallest absolute Gasteiger partial charge is 0.284 e. The van der Waals surface area contributed by atoms with Crippen molar-refractivity contribution in [3.05, 3.63) is 23.2 Å². The number of hydrogen-bond acceptors (Lipinski definition) is 6. The van der Waals surface area contributed by atoms with Crippen LogP contribution in [0.15, 0.2) is 10.5 Å². The summed E-state index contributed by atoms with van der Waals surface area (Å²) >= 11 is 0. The first-order valence-corrected chi connectivity index (χ1v) is 9.41. The number of nitrogens with zero attached hydrogens (tertiary/aromatic N) is 2. The van der Waals surface area contributed by atoms with E-state index in [0.29, 0.717) is 13.2 Å². The Kier molecular flexibility index (Phi) is 5.72. The third-order valence-corrected chi connectivity index (χ3v) is 5.24. The van der Waals surface area contributed by atoms with E-state index in [4.69, 9.17) is 14.9 Å². The van der Waals surface area contributed by atoms with E-state index in [2.05, 4.69) is 30.6 Å². The van der Waals surface area contributed by atoms with Gasteiger partial charge in [-0.1, -0.05) is 20.8 Å². The molecule has 3 heterocycles. The molecular formula is C19H31N3O4. The number of nitrogens with two attached hydrogens (primary N) is 1. The fraction of sp³-hybridized carbons (Fsp3) is 0.737. The quantitative estimate of drug-likeness (QED) is 0.825. The van der Waals surface area contributed by atoms with Gasteiger partial charge in [-0.25, -0.2) is 0 Å². The zero-order chi connectivity index (χ0) is 18.9. The number of carbonyl (C=O) groups excluding carboxylic acids is 1. The van der Waals surface area contributed by atoms with E-state index >= 15 is 0 Å². The Hall–Kier alpha value is -1.41. The molecule has 146 valence electrons. The molecule has 7 nitrogen and oxygen atoms in total. The van der Waals surface area contributed by atoms with Gasteiger partial charge >= 0.3 is 0 Å². The maximum absolute atomic E-state index is 11.5. The number of furan rings is 1. The molecule has 3 rings (SSSR count). The van der Waals surface area contributed by atoms with Crippen LogP contribution in [0.25, 0.3) is 0 Å². The number of ether oxygens (including phenoxy) is 1. The molecule has 2 fully saturated rings. The number of carbonyl (C=O) groups is 1. The first kappa shape index (κ1) is 19.4. The molecule has 1 aromatic rings. The minimum Gasteiger partial charge on any atom is -0.455 e. The second kappa shape index (κ2) is 7.68. The zero-order valence-electron chi connectivity index (χ0n) is 16.0. The Balaban J connectivity index is 1.68. The van der Waals surface area contributed by atoms with Crippen molar-refractivity contribution in [1.29, 1.82) is 0 Å². The van der Waals surface area contributed by atoms with E-state index in [1.165, 1.54) is 0 Å². The lowest BCUT2D eigenvalue weighted by Gasteiger charge is -2.28. The first-order chi connectivity index (χ1) is 12.3. The molecule has 2 aliphatic rings. The fourth-order valence-electron chi connectivity index (χ4n) is 3.90. The number of rotatable bonds is 4. The highest BCUT2D eigenvalue weighted by Gasteiger charge is 2.33. The summed E-state index contributed by atoms with van der Waals surface area (Å²) in [4.78, 5) is 16.3. The summed E-state index contributed by atoms with van der Waals surface area (Å²) in [6, 6.07) is 1.90. The van der Waals surface area contributed by atoms with Crippen molar-refractivity contribution in [3.63, 3.8) is 0 Å². The second-order valence-corrected chi connectivity index (χ2v) is 8.42. The van der Waals surface area contributed by atoms with E-state index in [0.717, 1.165) is 50.5 Å². The minimum absolute atomic E-state index is 0.107. The van der Waals surface area contributed by atoms with Gasteiger partial charge in [0.15, 0.2) is 5.76 Å². The molecule has 0 spiro atoms. The molecule has 1 aromatic heterocycles. The van der Waals surface area contributed by atoms with Crippen LogP contribution in [0.2, 0.25) is 0 Å². The number of primary amides is 1. The molecule has 2 atom stereocenters. The summed E-state index contributed by atoms with van der Waals surface area (Å²) in [5.74, 6) is 0.527. The molecule has 0 aliphatic carbocycles. The van der Waals surface area contributed by atoms with Crippen LogP contribution in [0.3, 0.4) is 0 Å². The van der Waals surface area contributed by atoms with Crippen molar-refractivity contribution in [2.45, 2.75) is 51.3 Å². The maximum atomic E-state index is 11.5. The monoisotopic (exact) mass is 365 g/mol. The maximum Gasteiger partial charge on any atom is 0.284 e. The summed E-state index contributed by atoms with van der Waals surface area (Å²) in [5.41, 5.74) is 6.25. The van der Waals surface area contributed by atoms with Crippen LogP contribution < -0.4 is 5.73 Å². The van der Waals surface area contributed by atoms with Gasteiger partial charge in [0.2, 0.25) is 0 Å². The Morgan fingerprint density at radius 1 is 1.27 bits per heavy atom. The van der Waals surface area contributed by atoms with Gasteiger partial charge in [0.05, 0.1) is 25.4 Å². The number of amides is 1. The SMILES string of the molecule is CC(C)(C)c1oc(C(N)=O)cc1CN1CCCN([C@@H]2COC[C@H]2O)CC1. The van der Waals surface area contributed by atoms with Gasteiger partial charge < -0.3 is 20.0 Å². The van der Waals surface area contributed by atoms with Crippen molar-refractivity contribution >= 4 is 5.91 Å². The molecule has 2 saturated heterocycles. The Morgan fingerprint density at radius 2 is 2.04 bits per heavy atom. The van der Waals surface area contributed by atoms with E-state index in [1.54, 1.807) is 6.07 Å². The molecule has 0 aromatic carbocycles. The summed E-state index contributed by atoms with van der Waals surface area (Å²) in [5, 5.41) is 10.1. The average molecular weight is 365 g/mol. The van der Waals surface area contributed by atoms with Crippen LogP contribution in [-0.2, 0) is 16.7 Å². The second-order valence-electron chi connectivity index (χ2n) is 8.42. The van der Waals surface area contributed by atoms with E-state index < -0.39 is 5.91 Å². The molecule has 1 amide bonds. The van der Waals surface area contributed by atoms with Crippen LogP contribution >= 0.6 is 0 Å². The van der Waals surface area contributed by atoms with E-state index in [9.17, 15) is 9.90 Å². The van der Waals surface area contributed by atoms with Crippen molar-refractivity contribution in [2.75, 3.05) is 39.4 Å². The zero-order valence-corrected chi connectivity index (χ0v) is 16.0. The predicted molar refractivity (Wildman–Crippen MR) is 98.0 cm³/mol. The molecule has 0 bridgehead atoms. The number of aliphatic hydroxyl groups is 1. The van der Waals surface area contributed by atoms with Crippen molar-refractivity contribution < 1.29 is 19.1 Å². The normalized spacial score (nSPS) is 26.2. The van der Waals surface area contributed by atoms with Gasteiger partial charge in [-0.15, -0.1) is 0 Å². The summed E-state index contributed by atoms with van der Waals surface area (Å²) in [7, 11) is 0. The lowest BCUT2D eigenvalue weighted by atomic mass is 9.90. The topological polar surface area (TPSA) is 92.2 Å². The van der Waals surface area contributed by atoms with Gasteiger partial charge in [0.25, 0.3) is 5.91 Å². The molecular weight excluding hydrogens is 334 g/mol. The lowest BCUT2D eigenvalue weighted by Crippen LogP contribution is -2.44. The van der Waals surface area contributed by atoms with Gasteiger partial charge in [-0.2, -0.15) is 0 Å². The average Bonchev–Trinajstić information content (AvgIpc) is 3.09. The fourth-order valence-corrected chi connectivity index (χ4v) is 3.90. The van der Waals surface area contributed by atoms with Crippen molar-refractivity contribution in [3.8, 4) is 0 Å². The lowest BCUT2D eigenvalue weighted by molar-refractivity contribution is 0.0837. The molecule has 0 saturated carbocycles. The van der Waals surface area contributed by atoms with E-state index in [1.807, 2.05) is 0 Å². The Bertz CT molecular complexity index is 637. The molecule has 3 N–H and O–H groups in total. The molecule has 2 aliphatic heterocycles. The van der Waals surface area contributed by atoms with Crippen LogP contribution in [0.4, 0.5) is 0 Å². The van der Waals surface area contributed by atoms with Crippen LogP contribution in [-0.4, -0.2) is 72.4 Å². The van der Waals surface area contributed by atoms with Crippen LogP contribution in [0, 0.1) is 0 Å². The molecule has 0 radical (unpaired) electrons. The Labute approximate surface area is 155 Å². The van der Waals surface area contributed by atoms with Gasteiger partial charge in [0, 0.05) is 30.6 Å². The van der Waals surface area contributed by atoms with E-state index in [-0.39, 0.29) is 23.3 Å². The van der Waals surface area contributed by atoms with Crippen molar-refractivity contribution in [1.82, 2.24) is 9.80 Å². The van der Waals surface area contributed by atoms with Gasteiger partial charge in [-0.3, -0.25) is 14.6 Å². The number of aliphatic hydroxyl groups excluding tert-OH is 1. The predicted octanol–water partition coefficient (Wildman–Crippen LogP) is 0.943. The van der Waals surface area contributed by atoms with Crippen LogP contribution in [0.5, 0.6) is 0 Å². The minimum atomic E-state index is -0.529. The highest BCUT2D eigenvalue weighted by molar-refractivity contribution is 5.90. The number of hydrogen-bond donors (Lipinski definition) is 2. The summed E-state index contributed by atoms with van der Waals surface area (Å²) in [6.45, 7) is 11.8. The summed E-state index contributed by atoms with van der Waals surface area (Å²) < 4.78 is 11.2. The van der Waals surface area contributed by atoms with Crippen LogP contribution in [0.1, 0.15) is 49.1 Å². The Morgan fingerprint density at radius 3 is 2.65 bits per heavy atom. The largest absolute Gasteiger partial charge is 0.455 e. The molecule has 7 heteroatoms. The summed E-state index contributed by atoms with van der Waals surface area (Å²) in [6.07, 6.45) is 0.648. The highest BCUT2D eigenvalue weighted by atomic mass is 16.5. The van der Waals surface area contributed by atoms with Gasteiger partial charge in [0.1, 0.15) is 5.76 Å².